The number of aliphatic carboxylic acids is 1. The fraction of sp³-hybridized carbons (Fsp3) is 0.389. The molecule has 0 spiro atoms. The minimum atomic E-state index is -0.861. The van der Waals surface area contributed by atoms with E-state index < -0.39 is 5.97 Å². The molecule has 1 fully saturated rings. The van der Waals surface area contributed by atoms with Crippen molar-refractivity contribution in [2.75, 3.05) is 11.5 Å². The van der Waals surface area contributed by atoms with E-state index in [0.29, 0.717) is 29.9 Å². The van der Waals surface area contributed by atoms with Crippen LogP contribution in [0, 0.1) is 5.92 Å². The molecule has 1 aromatic rings. The molecule has 3 N–H and O–H groups in total. The first kappa shape index (κ1) is 15.4. The van der Waals surface area contributed by atoms with Gasteiger partial charge in [0.05, 0.1) is 11.9 Å². The molecule has 1 aromatic heterocycles. The first-order valence-electron chi connectivity index (χ1n) is 8.25. The first-order chi connectivity index (χ1) is 11.6. The summed E-state index contributed by atoms with van der Waals surface area (Å²) < 4.78 is 0. The Morgan fingerprint density at radius 1 is 1.25 bits per heavy atom. The lowest BCUT2D eigenvalue weighted by Crippen LogP contribution is -2.07. The molecule has 2 heterocycles. The van der Waals surface area contributed by atoms with E-state index in [2.05, 4.69) is 4.98 Å². The Labute approximate surface area is 144 Å². The lowest BCUT2D eigenvalue weighted by Gasteiger charge is -2.14. The van der Waals surface area contributed by atoms with Gasteiger partial charge < -0.3 is 10.8 Å². The van der Waals surface area contributed by atoms with E-state index in [9.17, 15) is 4.79 Å². The molecule has 0 aromatic carbocycles. The molecule has 5 nitrogen and oxygen atoms in total. The summed E-state index contributed by atoms with van der Waals surface area (Å²) in [4.78, 5) is 21.5. The zero-order valence-electron chi connectivity index (χ0n) is 13.3. The third-order valence-electron chi connectivity index (χ3n) is 4.74. The number of carbonyl (C=O) groups is 1. The van der Waals surface area contributed by atoms with Crippen LogP contribution in [0.5, 0.6) is 0 Å². The summed E-state index contributed by atoms with van der Waals surface area (Å²) in [7, 11) is 0. The van der Waals surface area contributed by atoms with Crippen LogP contribution in [0.25, 0.3) is 10.5 Å². The summed E-state index contributed by atoms with van der Waals surface area (Å²) in [6, 6.07) is 0. The van der Waals surface area contributed by atoms with Gasteiger partial charge in [0.25, 0.3) is 0 Å². The number of carboxylic acids is 1. The van der Waals surface area contributed by atoms with E-state index in [-0.39, 0.29) is 0 Å². The first-order valence-corrected chi connectivity index (χ1v) is 9.24. The van der Waals surface area contributed by atoms with Gasteiger partial charge in [-0.05, 0) is 43.6 Å². The topological polar surface area (TPSA) is 89.1 Å². The monoisotopic (exact) mass is 341 g/mol. The van der Waals surface area contributed by atoms with Crippen LogP contribution >= 0.6 is 11.8 Å². The molecule has 4 rings (SSSR count). The number of thioether (sulfide) groups is 1. The highest BCUT2D eigenvalue weighted by Crippen LogP contribution is 2.49. The maximum absolute atomic E-state index is 11.0. The predicted octanol–water partition coefficient (Wildman–Crippen LogP) is 3.51. The van der Waals surface area contributed by atoms with E-state index in [0.717, 1.165) is 29.4 Å². The summed E-state index contributed by atoms with van der Waals surface area (Å²) in [5.74, 6) is 1.41. The molecule has 124 valence electrons. The molecule has 2 aliphatic carbocycles. The lowest BCUT2D eigenvalue weighted by atomic mass is 9.96. The zero-order chi connectivity index (χ0) is 16.7. The summed E-state index contributed by atoms with van der Waals surface area (Å²) in [5.41, 5.74) is 10.6. The average Bonchev–Trinajstić information content (AvgIpc) is 3.32. The van der Waals surface area contributed by atoms with Crippen LogP contribution in [0.1, 0.15) is 43.5 Å². The van der Waals surface area contributed by atoms with Crippen LogP contribution in [0.4, 0.5) is 5.82 Å². The van der Waals surface area contributed by atoms with E-state index in [1.807, 2.05) is 17.8 Å². The number of hydrogen-bond acceptors (Lipinski definition) is 5. The molecular weight excluding hydrogens is 322 g/mol. The van der Waals surface area contributed by atoms with Gasteiger partial charge >= 0.3 is 5.97 Å². The number of nitrogens with zero attached hydrogens (tertiary/aromatic N) is 2. The molecule has 0 amide bonds. The minimum absolute atomic E-state index is 0.411. The average molecular weight is 341 g/mol. The number of carboxylic acid groups (broad SMARTS) is 1. The Morgan fingerprint density at radius 3 is 2.75 bits per heavy atom. The number of hydrogen-bond donors (Lipinski definition) is 2. The second-order valence-corrected chi connectivity index (χ2v) is 7.51. The van der Waals surface area contributed by atoms with Crippen LogP contribution in [-0.2, 0) is 4.79 Å². The third kappa shape index (κ3) is 2.86. The summed E-state index contributed by atoms with van der Waals surface area (Å²) in [5, 5.41) is 9.07. The number of aromatic nitrogens is 2. The predicted molar refractivity (Wildman–Crippen MR) is 96.1 cm³/mol. The van der Waals surface area contributed by atoms with Gasteiger partial charge in [-0.3, -0.25) is 0 Å². The highest BCUT2D eigenvalue weighted by molar-refractivity contribution is 8.08. The van der Waals surface area contributed by atoms with E-state index in [1.54, 1.807) is 12.3 Å². The molecule has 0 unspecified atom stereocenters. The van der Waals surface area contributed by atoms with Gasteiger partial charge in [-0.1, -0.05) is 17.7 Å². The van der Waals surface area contributed by atoms with Crippen molar-refractivity contribution in [3.8, 4) is 0 Å². The largest absolute Gasteiger partial charge is 0.478 e. The summed E-state index contributed by atoms with van der Waals surface area (Å²) in [6.45, 7) is 0. The normalized spacial score (nSPS) is 20.8. The van der Waals surface area contributed by atoms with Crippen molar-refractivity contribution in [3.63, 3.8) is 0 Å². The molecule has 24 heavy (non-hydrogen) atoms. The quantitative estimate of drug-likeness (QED) is 0.871. The van der Waals surface area contributed by atoms with E-state index >= 15 is 0 Å². The number of allylic oxidation sites excluding steroid dienone is 4. The summed E-state index contributed by atoms with van der Waals surface area (Å²) in [6.07, 6.45) is 10.1. The van der Waals surface area contributed by atoms with Crippen LogP contribution in [0.2, 0.25) is 0 Å². The number of nitrogen functional groups attached to an aromatic ring is 1. The molecule has 0 saturated heterocycles. The van der Waals surface area contributed by atoms with Crippen molar-refractivity contribution >= 4 is 34.0 Å². The lowest BCUT2D eigenvalue weighted by molar-refractivity contribution is -0.132. The highest BCUT2D eigenvalue weighted by Gasteiger charge is 2.32. The molecular formula is C18H19N3O2S. The second kappa shape index (κ2) is 6.09. The van der Waals surface area contributed by atoms with Gasteiger partial charge in [-0.15, -0.1) is 11.8 Å². The molecule has 6 heteroatoms. The van der Waals surface area contributed by atoms with Crippen LogP contribution < -0.4 is 5.73 Å². The molecule has 3 aliphatic rings. The van der Waals surface area contributed by atoms with Crippen LogP contribution in [-0.4, -0.2) is 26.8 Å². The Bertz CT molecular complexity index is 806. The Kier molecular flexibility index (Phi) is 3.92. The van der Waals surface area contributed by atoms with Crippen molar-refractivity contribution in [1.82, 2.24) is 9.97 Å². The van der Waals surface area contributed by atoms with Crippen molar-refractivity contribution in [2.24, 2.45) is 5.92 Å². The minimum Gasteiger partial charge on any atom is -0.478 e. The highest BCUT2D eigenvalue weighted by atomic mass is 32.2. The van der Waals surface area contributed by atoms with Gasteiger partial charge in [0.1, 0.15) is 11.5 Å². The summed E-state index contributed by atoms with van der Waals surface area (Å²) >= 11 is 1.86. The number of nitrogens with two attached hydrogens (primary N) is 1. The van der Waals surface area contributed by atoms with E-state index in [1.165, 1.54) is 23.3 Å². The standard InChI is InChI=1S/C18H19N3O2S/c19-17-15(11-3-5-12(6-4-11)18(22)23)21-14(9-20-17)16-13(7-8-24-16)10-1-2-10/h3,5,9-10H,1-2,4,6-8H2,(H2,19,20)(H,22,23). The second-order valence-electron chi connectivity index (χ2n) is 6.41. The van der Waals surface area contributed by atoms with Gasteiger partial charge in [0.2, 0.25) is 0 Å². The van der Waals surface area contributed by atoms with Gasteiger partial charge in [0, 0.05) is 16.2 Å². The van der Waals surface area contributed by atoms with Gasteiger partial charge in [0.15, 0.2) is 0 Å². The molecule has 1 aliphatic heterocycles. The third-order valence-corrected chi connectivity index (χ3v) is 5.91. The Balaban J connectivity index is 1.70. The smallest absolute Gasteiger partial charge is 0.331 e. The molecule has 0 atom stereocenters. The maximum atomic E-state index is 11.0. The van der Waals surface area contributed by atoms with Gasteiger partial charge in [-0.25, -0.2) is 14.8 Å². The molecule has 0 radical (unpaired) electrons. The molecule has 0 bridgehead atoms. The van der Waals surface area contributed by atoms with E-state index in [4.69, 9.17) is 15.8 Å². The maximum Gasteiger partial charge on any atom is 0.331 e. The Morgan fingerprint density at radius 2 is 2.08 bits per heavy atom. The van der Waals surface area contributed by atoms with Crippen molar-refractivity contribution < 1.29 is 9.90 Å². The van der Waals surface area contributed by atoms with Crippen LogP contribution in [0.15, 0.2) is 29.5 Å². The number of anilines is 1. The zero-order valence-corrected chi connectivity index (χ0v) is 14.1. The fourth-order valence-electron chi connectivity index (χ4n) is 3.29. The van der Waals surface area contributed by atoms with Crippen molar-refractivity contribution in [1.29, 1.82) is 0 Å². The Hall–Kier alpha value is -2.08. The van der Waals surface area contributed by atoms with Crippen LogP contribution in [0.3, 0.4) is 0 Å². The van der Waals surface area contributed by atoms with Crippen molar-refractivity contribution in [2.45, 2.75) is 32.1 Å². The fourth-order valence-corrected chi connectivity index (χ4v) is 4.51. The number of rotatable bonds is 4. The molecule has 1 saturated carbocycles. The van der Waals surface area contributed by atoms with Gasteiger partial charge in [-0.2, -0.15) is 0 Å². The van der Waals surface area contributed by atoms with Crippen molar-refractivity contribution in [3.05, 3.63) is 40.9 Å². The SMILES string of the molecule is Nc1ncc(C2=C(C3CC3)CCS2)nc1C1=CC=C(C(=O)O)CC1.